The maximum Gasteiger partial charge on any atom is 0.352 e. The van der Waals surface area contributed by atoms with Crippen molar-refractivity contribution < 1.29 is 14.3 Å². The molecule has 2 rings (SSSR count). The Balaban J connectivity index is 2.20. The van der Waals surface area contributed by atoms with Crippen LogP contribution in [0.3, 0.4) is 0 Å². The van der Waals surface area contributed by atoms with E-state index in [-0.39, 0.29) is 12.1 Å². The molecule has 0 aliphatic heterocycles. The first-order valence-electron chi connectivity index (χ1n) is 7.18. The van der Waals surface area contributed by atoms with Crippen LogP contribution < -0.4 is 4.74 Å². The highest BCUT2D eigenvalue weighted by atomic mass is 16.6. The van der Waals surface area contributed by atoms with Crippen molar-refractivity contribution in [1.29, 1.82) is 0 Å². The molecule has 0 saturated carbocycles. The van der Waals surface area contributed by atoms with E-state index in [1.807, 2.05) is 74.5 Å². The lowest BCUT2D eigenvalue weighted by Crippen LogP contribution is -2.25. The minimum absolute atomic E-state index is 0.122. The molecule has 110 valence electrons. The Morgan fingerprint density at radius 1 is 1.00 bits per heavy atom. The summed E-state index contributed by atoms with van der Waals surface area (Å²) in [6, 6.07) is 18.7. The monoisotopic (exact) mass is 284 g/mol. The van der Waals surface area contributed by atoms with Gasteiger partial charge in [-0.05, 0) is 25.5 Å². The van der Waals surface area contributed by atoms with Crippen LogP contribution >= 0.6 is 0 Å². The molecule has 2 unspecified atom stereocenters. The largest absolute Gasteiger partial charge is 0.474 e. The van der Waals surface area contributed by atoms with Gasteiger partial charge in [0.25, 0.3) is 0 Å². The summed E-state index contributed by atoms with van der Waals surface area (Å²) in [7, 11) is 0. The van der Waals surface area contributed by atoms with Crippen molar-refractivity contribution in [2.24, 2.45) is 0 Å². The van der Waals surface area contributed by atoms with Gasteiger partial charge in [0.05, 0.1) is 6.10 Å². The summed E-state index contributed by atoms with van der Waals surface area (Å²) in [6.07, 6.45) is -0.0934. The Bertz CT molecular complexity index is 551. The van der Waals surface area contributed by atoms with Crippen LogP contribution in [0.2, 0.25) is 0 Å². The third-order valence-electron chi connectivity index (χ3n) is 3.21. The first-order chi connectivity index (χ1) is 10.2. The van der Waals surface area contributed by atoms with E-state index in [0.717, 1.165) is 12.0 Å². The molecule has 2 atom stereocenters. The molecule has 0 fully saturated rings. The van der Waals surface area contributed by atoms with Crippen molar-refractivity contribution in [2.45, 2.75) is 32.5 Å². The van der Waals surface area contributed by atoms with Gasteiger partial charge < -0.3 is 9.47 Å². The maximum atomic E-state index is 12.4. The van der Waals surface area contributed by atoms with E-state index in [9.17, 15) is 4.79 Å². The summed E-state index contributed by atoms with van der Waals surface area (Å²) < 4.78 is 11.3. The number of ether oxygens (including phenoxy) is 2. The standard InChI is InChI=1S/C18H20O3/c1-3-14(2)20-18(19)17(15-10-6-4-7-11-15)21-16-12-8-5-9-13-16/h4-14,17H,3H2,1-2H3. The van der Waals surface area contributed by atoms with Gasteiger partial charge in [-0.25, -0.2) is 4.79 Å². The molecule has 0 heterocycles. The van der Waals surface area contributed by atoms with Crippen LogP contribution in [0.15, 0.2) is 60.7 Å². The molecule has 3 heteroatoms. The molecule has 2 aromatic carbocycles. The zero-order valence-corrected chi connectivity index (χ0v) is 12.4. The number of hydrogen-bond donors (Lipinski definition) is 0. The Morgan fingerprint density at radius 3 is 2.14 bits per heavy atom. The third kappa shape index (κ3) is 4.35. The summed E-state index contributed by atoms with van der Waals surface area (Å²) in [4.78, 5) is 12.4. The Labute approximate surface area is 125 Å². The van der Waals surface area contributed by atoms with Crippen molar-refractivity contribution in [1.82, 2.24) is 0 Å². The molecule has 0 aliphatic carbocycles. The molecular weight excluding hydrogens is 264 g/mol. The van der Waals surface area contributed by atoms with E-state index in [1.165, 1.54) is 0 Å². The van der Waals surface area contributed by atoms with Crippen LogP contribution in [0.1, 0.15) is 31.9 Å². The first-order valence-corrected chi connectivity index (χ1v) is 7.18. The highest BCUT2D eigenvalue weighted by Crippen LogP contribution is 2.23. The second kappa shape index (κ2) is 7.48. The molecule has 0 spiro atoms. The van der Waals surface area contributed by atoms with Crippen molar-refractivity contribution >= 4 is 5.97 Å². The zero-order valence-electron chi connectivity index (χ0n) is 12.4. The second-order valence-corrected chi connectivity index (χ2v) is 4.88. The first kappa shape index (κ1) is 15.1. The zero-order chi connectivity index (χ0) is 15.1. The van der Waals surface area contributed by atoms with E-state index < -0.39 is 6.10 Å². The Hall–Kier alpha value is -2.29. The summed E-state index contributed by atoms with van der Waals surface area (Å²) in [6.45, 7) is 3.86. The fourth-order valence-electron chi connectivity index (χ4n) is 1.86. The highest BCUT2D eigenvalue weighted by molar-refractivity contribution is 5.77. The average Bonchev–Trinajstić information content (AvgIpc) is 2.54. The minimum atomic E-state index is -0.748. The SMILES string of the molecule is CCC(C)OC(=O)C(Oc1ccccc1)c1ccccc1. The predicted molar refractivity (Wildman–Crippen MR) is 82.1 cm³/mol. The number of benzene rings is 2. The summed E-state index contributed by atoms with van der Waals surface area (Å²) >= 11 is 0. The van der Waals surface area contributed by atoms with Gasteiger partial charge in [0.15, 0.2) is 0 Å². The van der Waals surface area contributed by atoms with E-state index >= 15 is 0 Å². The van der Waals surface area contributed by atoms with Crippen LogP contribution in [-0.4, -0.2) is 12.1 Å². The van der Waals surface area contributed by atoms with Gasteiger partial charge in [0, 0.05) is 5.56 Å². The van der Waals surface area contributed by atoms with E-state index in [0.29, 0.717) is 5.75 Å². The molecule has 0 saturated heterocycles. The van der Waals surface area contributed by atoms with E-state index in [1.54, 1.807) is 0 Å². The summed E-state index contributed by atoms with van der Waals surface area (Å²) in [5.41, 5.74) is 0.787. The quantitative estimate of drug-likeness (QED) is 0.748. The van der Waals surface area contributed by atoms with Gasteiger partial charge in [0.2, 0.25) is 6.10 Å². The Kier molecular flexibility index (Phi) is 5.38. The number of carbonyl (C=O) groups is 1. The van der Waals surface area contributed by atoms with E-state index in [4.69, 9.17) is 9.47 Å². The molecular formula is C18H20O3. The van der Waals surface area contributed by atoms with Gasteiger partial charge in [-0.3, -0.25) is 0 Å². The Morgan fingerprint density at radius 2 is 1.57 bits per heavy atom. The number of rotatable bonds is 6. The molecule has 0 bridgehead atoms. The number of para-hydroxylation sites is 1. The molecule has 0 N–H and O–H groups in total. The molecule has 0 aromatic heterocycles. The maximum absolute atomic E-state index is 12.4. The fraction of sp³-hybridized carbons (Fsp3) is 0.278. The normalized spacial score (nSPS) is 13.2. The van der Waals surface area contributed by atoms with Crippen molar-refractivity contribution in [3.05, 3.63) is 66.2 Å². The summed E-state index contributed by atoms with van der Waals surface area (Å²) in [5.74, 6) is 0.284. The second-order valence-electron chi connectivity index (χ2n) is 4.88. The number of esters is 1. The molecule has 0 aliphatic rings. The smallest absolute Gasteiger partial charge is 0.352 e. The molecule has 21 heavy (non-hydrogen) atoms. The number of carbonyl (C=O) groups excluding carboxylic acids is 1. The van der Waals surface area contributed by atoms with Gasteiger partial charge in [0.1, 0.15) is 5.75 Å². The molecule has 2 aromatic rings. The minimum Gasteiger partial charge on any atom is -0.474 e. The van der Waals surface area contributed by atoms with Gasteiger partial charge in [-0.2, -0.15) is 0 Å². The van der Waals surface area contributed by atoms with Crippen molar-refractivity contribution in [3.8, 4) is 5.75 Å². The lowest BCUT2D eigenvalue weighted by Gasteiger charge is -2.20. The third-order valence-corrected chi connectivity index (χ3v) is 3.21. The van der Waals surface area contributed by atoms with E-state index in [2.05, 4.69) is 0 Å². The van der Waals surface area contributed by atoms with Crippen LogP contribution in [0.4, 0.5) is 0 Å². The van der Waals surface area contributed by atoms with Crippen LogP contribution in [0.5, 0.6) is 5.75 Å². The van der Waals surface area contributed by atoms with Gasteiger partial charge >= 0.3 is 5.97 Å². The van der Waals surface area contributed by atoms with Crippen LogP contribution in [0.25, 0.3) is 0 Å². The number of hydrogen-bond acceptors (Lipinski definition) is 3. The van der Waals surface area contributed by atoms with Gasteiger partial charge in [-0.1, -0.05) is 55.5 Å². The van der Waals surface area contributed by atoms with Crippen molar-refractivity contribution in [2.75, 3.05) is 0 Å². The van der Waals surface area contributed by atoms with Gasteiger partial charge in [-0.15, -0.1) is 0 Å². The predicted octanol–water partition coefficient (Wildman–Crippen LogP) is 4.15. The fourth-order valence-corrected chi connectivity index (χ4v) is 1.86. The lowest BCUT2D eigenvalue weighted by atomic mass is 10.1. The lowest BCUT2D eigenvalue weighted by molar-refractivity contribution is -0.157. The van der Waals surface area contributed by atoms with Crippen LogP contribution in [-0.2, 0) is 9.53 Å². The highest BCUT2D eigenvalue weighted by Gasteiger charge is 2.25. The topological polar surface area (TPSA) is 35.5 Å². The molecule has 0 radical (unpaired) electrons. The van der Waals surface area contributed by atoms with Crippen LogP contribution in [0, 0.1) is 0 Å². The molecule has 0 amide bonds. The summed E-state index contributed by atoms with van der Waals surface area (Å²) in [5, 5.41) is 0. The molecule has 3 nitrogen and oxygen atoms in total. The average molecular weight is 284 g/mol. The van der Waals surface area contributed by atoms with Crippen molar-refractivity contribution in [3.63, 3.8) is 0 Å².